The molecular weight excluding hydrogens is 412 g/mol. The smallest absolute Gasteiger partial charge is 0.227 e. The van der Waals surface area contributed by atoms with Crippen molar-refractivity contribution in [1.29, 1.82) is 0 Å². The fourth-order valence-corrected chi connectivity index (χ4v) is 4.94. The maximum absolute atomic E-state index is 12.8. The highest BCUT2D eigenvalue weighted by Gasteiger charge is 2.28. The van der Waals surface area contributed by atoms with Crippen molar-refractivity contribution >= 4 is 40.2 Å². The molecule has 0 radical (unpaired) electrons. The van der Waals surface area contributed by atoms with Crippen molar-refractivity contribution in [2.24, 2.45) is 5.92 Å². The van der Waals surface area contributed by atoms with Gasteiger partial charge in [-0.1, -0.05) is 18.0 Å². The number of aromatic nitrogens is 4. The van der Waals surface area contributed by atoms with E-state index in [1.54, 1.807) is 12.4 Å². The van der Waals surface area contributed by atoms with Crippen LogP contribution in [0.15, 0.2) is 24.5 Å². The van der Waals surface area contributed by atoms with Gasteiger partial charge in [-0.25, -0.2) is 15.0 Å². The molecule has 2 aliphatic heterocycles. The lowest BCUT2D eigenvalue weighted by atomic mass is 9.95. The van der Waals surface area contributed by atoms with Gasteiger partial charge in [0.1, 0.15) is 12.2 Å². The van der Waals surface area contributed by atoms with E-state index in [2.05, 4.69) is 24.8 Å². The Labute approximate surface area is 186 Å². The first-order valence-corrected chi connectivity index (χ1v) is 11.5. The fraction of sp³-hybridized carbons (Fsp3) is 0.478. The van der Waals surface area contributed by atoms with E-state index >= 15 is 0 Å². The van der Waals surface area contributed by atoms with Crippen LogP contribution in [0.5, 0.6) is 0 Å². The molecule has 4 heterocycles. The van der Waals surface area contributed by atoms with E-state index in [1.165, 1.54) is 19.3 Å². The Morgan fingerprint density at radius 2 is 1.97 bits per heavy atom. The highest BCUT2D eigenvalue weighted by Crippen LogP contribution is 2.30. The summed E-state index contributed by atoms with van der Waals surface area (Å²) in [5.41, 5.74) is 3.65. The number of benzene rings is 1. The first-order valence-electron chi connectivity index (χ1n) is 11.1. The molecule has 2 aliphatic rings. The number of halogens is 1. The van der Waals surface area contributed by atoms with Crippen LogP contribution in [-0.4, -0.2) is 38.5 Å². The standard InChI is InChI=1S/C23H27ClN6O/c1-15-13-17(24)6-7-18(15)27-23(31)16-8-11-29(12-9-16)21-20-22(26-14-25-21)30-10-4-2-3-5-19(30)28-20/h6-7,13-14,16H,2-5,8-12H2,1H3,(H,27,31). The lowest BCUT2D eigenvalue weighted by molar-refractivity contribution is -0.120. The summed E-state index contributed by atoms with van der Waals surface area (Å²) in [6.07, 6.45) is 7.83. The summed E-state index contributed by atoms with van der Waals surface area (Å²) >= 11 is 6.02. The predicted molar refractivity (Wildman–Crippen MR) is 123 cm³/mol. The van der Waals surface area contributed by atoms with Gasteiger partial charge in [0.25, 0.3) is 0 Å². The van der Waals surface area contributed by atoms with Crippen molar-refractivity contribution in [2.75, 3.05) is 23.3 Å². The molecule has 8 heteroatoms. The van der Waals surface area contributed by atoms with E-state index in [0.29, 0.717) is 5.02 Å². The van der Waals surface area contributed by atoms with E-state index < -0.39 is 0 Å². The molecule has 0 aliphatic carbocycles. The van der Waals surface area contributed by atoms with Crippen molar-refractivity contribution in [3.8, 4) is 0 Å². The maximum Gasteiger partial charge on any atom is 0.227 e. The summed E-state index contributed by atoms with van der Waals surface area (Å²) in [6, 6.07) is 5.54. The maximum atomic E-state index is 12.8. The van der Waals surface area contributed by atoms with Gasteiger partial charge in [-0.05, 0) is 56.4 Å². The molecule has 1 fully saturated rings. The van der Waals surface area contributed by atoms with Crippen LogP contribution >= 0.6 is 11.6 Å². The van der Waals surface area contributed by atoms with E-state index in [9.17, 15) is 4.79 Å². The third kappa shape index (κ3) is 3.99. The highest BCUT2D eigenvalue weighted by atomic mass is 35.5. The third-order valence-electron chi connectivity index (χ3n) is 6.49. The molecule has 3 aromatic rings. The number of hydrogen-bond acceptors (Lipinski definition) is 5. The SMILES string of the molecule is Cc1cc(Cl)ccc1NC(=O)C1CCN(c2ncnc3c2nc2n3CCCCC2)CC1. The molecule has 7 nitrogen and oxygen atoms in total. The Hall–Kier alpha value is -2.67. The van der Waals surface area contributed by atoms with Gasteiger partial charge in [0.2, 0.25) is 5.91 Å². The molecule has 2 aromatic heterocycles. The second kappa shape index (κ2) is 8.46. The molecule has 1 aromatic carbocycles. The largest absolute Gasteiger partial charge is 0.355 e. The van der Waals surface area contributed by atoms with Crippen LogP contribution in [0.1, 0.15) is 43.5 Å². The number of carbonyl (C=O) groups is 1. The average molecular weight is 439 g/mol. The number of carbonyl (C=O) groups excluding carboxylic acids is 1. The number of aryl methyl sites for hydroxylation is 3. The van der Waals surface area contributed by atoms with Crippen molar-refractivity contribution in [1.82, 2.24) is 19.5 Å². The Morgan fingerprint density at radius 3 is 2.77 bits per heavy atom. The Balaban J connectivity index is 1.29. The second-order valence-electron chi connectivity index (χ2n) is 8.57. The number of imidazole rings is 1. The Morgan fingerprint density at radius 1 is 1.13 bits per heavy atom. The molecule has 31 heavy (non-hydrogen) atoms. The van der Waals surface area contributed by atoms with Crippen molar-refractivity contribution in [2.45, 2.75) is 52.0 Å². The van der Waals surface area contributed by atoms with Crippen LogP contribution in [-0.2, 0) is 17.8 Å². The number of fused-ring (bicyclic) bond motifs is 3. The summed E-state index contributed by atoms with van der Waals surface area (Å²) in [7, 11) is 0. The number of rotatable bonds is 3. The molecule has 0 atom stereocenters. The van der Waals surface area contributed by atoms with Gasteiger partial charge in [0, 0.05) is 42.7 Å². The van der Waals surface area contributed by atoms with Crippen molar-refractivity contribution in [3.63, 3.8) is 0 Å². The van der Waals surface area contributed by atoms with E-state index in [0.717, 1.165) is 73.0 Å². The molecule has 0 unspecified atom stereocenters. The van der Waals surface area contributed by atoms with Gasteiger partial charge in [-0.15, -0.1) is 0 Å². The fourth-order valence-electron chi connectivity index (χ4n) is 4.71. The number of hydrogen-bond donors (Lipinski definition) is 1. The quantitative estimate of drug-likeness (QED) is 0.657. The lowest BCUT2D eigenvalue weighted by Gasteiger charge is -2.32. The van der Waals surface area contributed by atoms with Crippen LogP contribution in [0.4, 0.5) is 11.5 Å². The minimum Gasteiger partial charge on any atom is -0.355 e. The van der Waals surface area contributed by atoms with E-state index in [-0.39, 0.29) is 11.8 Å². The minimum atomic E-state index is -0.0117. The number of piperidine rings is 1. The number of nitrogens with one attached hydrogen (secondary N) is 1. The molecule has 5 rings (SSSR count). The van der Waals surface area contributed by atoms with E-state index in [4.69, 9.17) is 16.6 Å². The van der Waals surface area contributed by atoms with Gasteiger partial charge < -0.3 is 14.8 Å². The normalized spacial score (nSPS) is 17.4. The van der Waals surface area contributed by atoms with Gasteiger partial charge in [0.15, 0.2) is 17.0 Å². The first kappa shape index (κ1) is 20.2. The highest BCUT2D eigenvalue weighted by molar-refractivity contribution is 6.30. The first-order chi connectivity index (χ1) is 15.1. The molecular formula is C23H27ClN6O. The van der Waals surface area contributed by atoms with Gasteiger partial charge >= 0.3 is 0 Å². The second-order valence-corrected chi connectivity index (χ2v) is 9.01. The van der Waals surface area contributed by atoms with Crippen LogP contribution in [0.25, 0.3) is 11.2 Å². The molecule has 1 amide bonds. The van der Waals surface area contributed by atoms with Crippen LogP contribution in [0.2, 0.25) is 5.02 Å². The number of amides is 1. The monoisotopic (exact) mass is 438 g/mol. The van der Waals surface area contributed by atoms with Crippen LogP contribution < -0.4 is 10.2 Å². The number of anilines is 2. The minimum absolute atomic E-state index is 0.0117. The summed E-state index contributed by atoms with van der Waals surface area (Å²) in [6.45, 7) is 4.50. The van der Waals surface area contributed by atoms with Crippen LogP contribution in [0.3, 0.4) is 0 Å². The topological polar surface area (TPSA) is 75.9 Å². The summed E-state index contributed by atoms with van der Waals surface area (Å²) in [5, 5.41) is 3.75. The summed E-state index contributed by atoms with van der Waals surface area (Å²) in [4.78, 5) is 29.1. The molecule has 0 saturated carbocycles. The zero-order valence-electron chi connectivity index (χ0n) is 17.8. The Bertz CT molecular complexity index is 1120. The lowest BCUT2D eigenvalue weighted by Crippen LogP contribution is -2.38. The molecule has 1 saturated heterocycles. The zero-order valence-corrected chi connectivity index (χ0v) is 18.5. The predicted octanol–water partition coefficient (Wildman–Crippen LogP) is 4.37. The molecule has 162 valence electrons. The third-order valence-corrected chi connectivity index (χ3v) is 6.72. The number of nitrogens with zero attached hydrogens (tertiary/aromatic N) is 5. The van der Waals surface area contributed by atoms with Crippen molar-refractivity contribution in [3.05, 3.63) is 40.9 Å². The summed E-state index contributed by atoms with van der Waals surface area (Å²) < 4.78 is 2.27. The molecule has 0 spiro atoms. The van der Waals surface area contributed by atoms with Gasteiger partial charge in [0.05, 0.1) is 0 Å². The van der Waals surface area contributed by atoms with Gasteiger partial charge in [-0.2, -0.15) is 0 Å². The molecule has 0 bridgehead atoms. The van der Waals surface area contributed by atoms with E-state index in [1.807, 2.05) is 19.1 Å². The van der Waals surface area contributed by atoms with Crippen LogP contribution in [0, 0.1) is 12.8 Å². The summed E-state index contributed by atoms with van der Waals surface area (Å²) in [5.74, 6) is 2.09. The van der Waals surface area contributed by atoms with Crippen molar-refractivity contribution < 1.29 is 4.79 Å². The zero-order chi connectivity index (χ0) is 21.4. The average Bonchev–Trinajstić information content (AvgIpc) is 2.96. The molecule has 1 N–H and O–H groups in total. The Kier molecular flexibility index (Phi) is 5.52. The van der Waals surface area contributed by atoms with Gasteiger partial charge in [-0.3, -0.25) is 4.79 Å².